The fourth-order valence-electron chi connectivity index (χ4n) is 4.15. The van der Waals surface area contributed by atoms with E-state index in [9.17, 15) is 24.3 Å². The molecule has 0 saturated carbocycles. The zero-order chi connectivity index (χ0) is 26.9. The van der Waals surface area contributed by atoms with Crippen LogP contribution in [0.2, 0.25) is 0 Å². The standard InChI is InChI=1S/C26H23N5O6/c1-14(2)22-20(25(35)37-12-6-11-27)19(17-10-9-15-7-4-5-8-16(15)28-17)21-23(29-22)30(3)26(36)31(24(21)34)13-18(32)33/h4-5,7-10,14H,6,12-13H2,1-3H3,(H,32,33). The smallest absolute Gasteiger partial charge is 0.340 e. The van der Waals surface area contributed by atoms with E-state index in [4.69, 9.17) is 10.00 Å². The van der Waals surface area contributed by atoms with Crippen molar-refractivity contribution < 1.29 is 19.4 Å². The third-order valence-electron chi connectivity index (χ3n) is 5.85. The Labute approximate surface area is 210 Å². The largest absolute Gasteiger partial charge is 0.480 e. The quantitative estimate of drug-likeness (QED) is 0.297. The lowest BCUT2D eigenvalue weighted by Crippen LogP contribution is -2.41. The molecule has 3 aromatic heterocycles. The first-order chi connectivity index (χ1) is 17.6. The van der Waals surface area contributed by atoms with Crippen molar-refractivity contribution in [2.45, 2.75) is 32.7 Å². The number of pyridine rings is 2. The third kappa shape index (κ3) is 4.56. The molecule has 4 aromatic rings. The van der Waals surface area contributed by atoms with Gasteiger partial charge in [-0.25, -0.2) is 24.1 Å². The number of hydrogen-bond donors (Lipinski definition) is 1. The molecule has 0 amide bonds. The summed E-state index contributed by atoms with van der Waals surface area (Å²) in [6, 6.07) is 12.6. The Morgan fingerprint density at radius 1 is 1.14 bits per heavy atom. The minimum absolute atomic E-state index is 0.0149. The second kappa shape index (κ2) is 10.0. The summed E-state index contributed by atoms with van der Waals surface area (Å²) in [6.45, 7) is 2.54. The number of nitrogens with zero attached hydrogens (tertiary/aromatic N) is 5. The van der Waals surface area contributed by atoms with E-state index < -0.39 is 29.7 Å². The average molecular weight is 501 g/mol. The van der Waals surface area contributed by atoms with Gasteiger partial charge in [-0.3, -0.25) is 14.2 Å². The highest BCUT2D eigenvalue weighted by atomic mass is 16.5. The number of carboxylic acid groups (broad SMARTS) is 1. The summed E-state index contributed by atoms with van der Waals surface area (Å²) < 4.78 is 7.01. The first-order valence-corrected chi connectivity index (χ1v) is 11.4. The number of para-hydroxylation sites is 1. The summed E-state index contributed by atoms with van der Waals surface area (Å²) in [4.78, 5) is 60.6. The van der Waals surface area contributed by atoms with Crippen molar-refractivity contribution in [2.75, 3.05) is 6.61 Å². The second-order valence-corrected chi connectivity index (χ2v) is 8.66. The highest BCUT2D eigenvalue weighted by Crippen LogP contribution is 2.34. The number of aliphatic carboxylic acids is 1. The molecule has 0 radical (unpaired) electrons. The van der Waals surface area contributed by atoms with E-state index in [-0.39, 0.29) is 52.5 Å². The zero-order valence-corrected chi connectivity index (χ0v) is 20.4. The van der Waals surface area contributed by atoms with Crippen LogP contribution in [0.15, 0.2) is 46.0 Å². The van der Waals surface area contributed by atoms with Gasteiger partial charge in [0.25, 0.3) is 5.56 Å². The Bertz CT molecular complexity index is 1730. The molecular formula is C26H23N5O6. The molecule has 0 spiro atoms. The van der Waals surface area contributed by atoms with Crippen LogP contribution in [0.5, 0.6) is 0 Å². The number of rotatable bonds is 7. The number of aryl methyl sites for hydroxylation is 1. The van der Waals surface area contributed by atoms with Crippen molar-refractivity contribution in [1.82, 2.24) is 19.1 Å². The molecule has 0 unspecified atom stereocenters. The number of hydrogen-bond acceptors (Lipinski definition) is 8. The maximum atomic E-state index is 13.6. The molecule has 3 heterocycles. The number of carbonyl (C=O) groups is 2. The van der Waals surface area contributed by atoms with Gasteiger partial charge in [-0.1, -0.05) is 38.1 Å². The van der Waals surface area contributed by atoms with Crippen LogP contribution in [-0.4, -0.2) is 42.8 Å². The molecule has 188 valence electrons. The molecule has 0 aliphatic carbocycles. The van der Waals surface area contributed by atoms with Crippen molar-refractivity contribution in [3.8, 4) is 17.3 Å². The molecule has 0 aliphatic rings. The molecule has 1 N–H and O–H groups in total. The van der Waals surface area contributed by atoms with Gasteiger partial charge < -0.3 is 9.84 Å². The number of fused-ring (bicyclic) bond motifs is 2. The molecule has 0 fully saturated rings. The van der Waals surface area contributed by atoms with E-state index in [1.807, 2.05) is 18.2 Å². The number of benzene rings is 1. The van der Waals surface area contributed by atoms with Crippen molar-refractivity contribution in [3.63, 3.8) is 0 Å². The monoisotopic (exact) mass is 501 g/mol. The van der Waals surface area contributed by atoms with Gasteiger partial charge in [0.1, 0.15) is 18.8 Å². The fraction of sp³-hybridized carbons (Fsp3) is 0.269. The van der Waals surface area contributed by atoms with E-state index in [1.165, 1.54) is 7.05 Å². The van der Waals surface area contributed by atoms with E-state index >= 15 is 0 Å². The van der Waals surface area contributed by atoms with E-state index in [1.54, 1.807) is 38.1 Å². The predicted molar refractivity (Wildman–Crippen MR) is 134 cm³/mol. The summed E-state index contributed by atoms with van der Waals surface area (Å²) in [5.74, 6) is -2.53. The maximum absolute atomic E-state index is 13.6. The van der Waals surface area contributed by atoms with Crippen LogP contribution in [0, 0.1) is 11.3 Å². The summed E-state index contributed by atoms with van der Waals surface area (Å²) in [7, 11) is 1.38. The lowest BCUT2D eigenvalue weighted by Gasteiger charge is -2.19. The van der Waals surface area contributed by atoms with E-state index in [0.29, 0.717) is 10.1 Å². The number of aromatic nitrogens is 4. The Hall–Kier alpha value is -4.85. The van der Waals surface area contributed by atoms with Crippen molar-refractivity contribution in [3.05, 3.63) is 68.5 Å². The SMILES string of the molecule is CC(C)c1nc2c(c(-c3ccc4ccccc4n3)c1C(=O)OCCC#N)c(=O)n(CC(=O)O)c(=O)n2C. The van der Waals surface area contributed by atoms with Crippen LogP contribution in [0.25, 0.3) is 33.2 Å². The third-order valence-corrected chi connectivity index (χ3v) is 5.85. The lowest BCUT2D eigenvalue weighted by molar-refractivity contribution is -0.137. The molecule has 11 heteroatoms. The van der Waals surface area contributed by atoms with Crippen molar-refractivity contribution >= 4 is 33.9 Å². The molecule has 0 aliphatic heterocycles. The molecule has 0 saturated heterocycles. The minimum atomic E-state index is -1.38. The summed E-state index contributed by atoms with van der Waals surface area (Å²) in [6.07, 6.45) is -0.0345. The molecule has 0 atom stereocenters. The number of nitriles is 1. The normalized spacial score (nSPS) is 11.1. The highest BCUT2D eigenvalue weighted by molar-refractivity contribution is 6.07. The molecule has 11 nitrogen and oxygen atoms in total. The lowest BCUT2D eigenvalue weighted by atomic mass is 9.94. The van der Waals surface area contributed by atoms with Crippen LogP contribution >= 0.6 is 0 Å². The van der Waals surface area contributed by atoms with E-state index in [0.717, 1.165) is 9.95 Å². The second-order valence-electron chi connectivity index (χ2n) is 8.66. The molecule has 0 bridgehead atoms. The molecular weight excluding hydrogens is 478 g/mol. The van der Waals surface area contributed by atoms with Crippen LogP contribution < -0.4 is 11.2 Å². The van der Waals surface area contributed by atoms with Gasteiger partial charge in [-0.15, -0.1) is 0 Å². The Morgan fingerprint density at radius 2 is 1.86 bits per heavy atom. The van der Waals surface area contributed by atoms with Gasteiger partial charge in [-0.05, 0) is 18.1 Å². The summed E-state index contributed by atoms with van der Waals surface area (Å²) in [5, 5.41) is 18.9. The van der Waals surface area contributed by atoms with Crippen LogP contribution in [-0.2, 0) is 23.1 Å². The summed E-state index contributed by atoms with van der Waals surface area (Å²) >= 11 is 0. The fourth-order valence-corrected chi connectivity index (χ4v) is 4.15. The van der Waals surface area contributed by atoms with Gasteiger partial charge in [0, 0.05) is 18.0 Å². The average Bonchev–Trinajstić information content (AvgIpc) is 2.88. The predicted octanol–water partition coefficient (Wildman–Crippen LogP) is 2.59. The van der Waals surface area contributed by atoms with Crippen LogP contribution in [0.3, 0.4) is 0 Å². The van der Waals surface area contributed by atoms with Crippen LogP contribution in [0.1, 0.15) is 42.2 Å². The van der Waals surface area contributed by atoms with Gasteiger partial charge >= 0.3 is 17.6 Å². The van der Waals surface area contributed by atoms with Gasteiger partial charge in [0.05, 0.1) is 40.3 Å². The topological polar surface area (TPSA) is 157 Å². The van der Waals surface area contributed by atoms with Crippen molar-refractivity contribution in [2.24, 2.45) is 7.05 Å². The Kier molecular flexibility index (Phi) is 6.84. The molecule has 4 rings (SSSR count). The van der Waals surface area contributed by atoms with Crippen LogP contribution in [0.4, 0.5) is 0 Å². The Balaban J connectivity index is 2.21. The molecule has 1 aromatic carbocycles. The maximum Gasteiger partial charge on any atom is 0.340 e. The number of carboxylic acids is 1. The van der Waals surface area contributed by atoms with Crippen molar-refractivity contribution in [1.29, 1.82) is 5.26 Å². The summed E-state index contributed by atoms with van der Waals surface area (Å²) in [5.41, 5.74) is -0.623. The zero-order valence-electron chi connectivity index (χ0n) is 20.4. The first-order valence-electron chi connectivity index (χ1n) is 11.4. The number of ether oxygens (including phenoxy) is 1. The van der Waals surface area contributed by atoms with E-state index in [2.05, 4.69) is 9.97 Å². The number of esters is 1. The Morgan fingerprint density at radius 3 is 2.54 bits per heavy atom. The highest BCUT2D eigenvalue weighted by Gasteiger charge is 2.29. The van der Waals surface area contributed by atoms with Gasteiger partial charge in [-0.2, -0.15) is 5.26 Å². The molecule has 37 heavy (non-hydrogen) atoms. The van der Waals surface area contributed by atoms with Gasteiger partial charge in [0.2, 0.25) is 0 Å². The number of carbonyl (C=O) groups excluding carboxylic acids is 1. The first kappa shape index (κ1) is 25.2. The van der Waals surface area contributed by atoms with Gasteiger partial charge in [0.15, 0.2) is 0 Å². The minimum Gasteiger partial charge on any atom is -0.480 e.